The second-order valence-electron chi connectivity index (χ2n) is 4.51. The number of nitrogens with zero attached hydrogens (tertiary/aromatic N) is 3. The summed E-state index contributed by atoms with van der Waals surface area (Å²) < 4.78 is 1.93. The molecular weight excluding hydrogens is 256 g/mol. The van der Waals surface area contributed by atoms with E-state index in [0.717, 1.165) is 30.2 Å². The Morgan fingerprint density at radius 3 is 2.89 bits per heavy atom. The molecule has 0 saturated carbocycles. The maximum atomic E-state index is 4.35. The molecule has 102 valence electrons. The summed E-state index contributed by atoms with van der Waals surface area (Å²) in [7, 11) is 1.98. The van der Waals surface area contributed by atoms with E-state index in [1.54, 1.807) is 11.8 Å². The molecule has 0 bridgehead atoms. The fraction of sp³-hybridized carbons (Fsp3) is 0.429. The average molecular weight is 276 g/mol. The average Bonchev–Trinajstić information content (AvgIpc) is 2.73. The summed E-state index contributed by atoms with van der Waals surface area (Å²) in [5, 5.41) is 8.86. The van der Waals surface area contributed by atoms with E-state index in [0.29, 0.717) is 0 Å². The standard InChI is InChI=1S/C14H20N4S/c1-4-6-15-13-9-12(5-7-16-13)10-19-14-8-11(2)17-18(14)3/h5,7-9H,4,6,10H2,1-3H3,(H,15,16). The van der Waals surface area contributed by atoms with Crippen LogP contribution in [0, 0.1) is 6.92 Å². The van der Waals surface area contributed by atoms with Crippen molar-refractivity contribution in [3.05, 3.63) is 35.7 Å². The molecule has 0 amide bonds. The van der Waals surface area contributed by atoms with Gasteiger partial charge in [0.05, 0.1) is 10.7 Å². The van der Waals surface area contributed by atoms with Gasteiger partial charge in [0, 0.05) is 25.5 Å². The Bertz CT molecular complexity index is 536. The zero-order valence-corrected chi connectivity index (χ0v) is 12.5. The Morgan fingerprint density at radius 1 is 1.37 bits per heavy atom. The summed E-state index contributed by atoms with van der Waals surface area (Å²) in [5.41, 5.74) is 2.34. The van der Waals surface area contributed by atoms with Gasteiger partial charge in [-0.3, -0.25) is 4.68 Å². The minimum atomic E-state index is 0.933. The molecule has 0 aliphatic heterocycles. The van der Waals surface area contributed by atoms with Crippen LogP contribution < -0.4 is 5.32 Å². The summed E-state index contributed by atoms with van der Waals surface area (Å²) >= 11 is 1.80. The molecule has 2 rings (SSSR count). The lowest BCUT2D eigenvalue weighted by Gasteiger charge is -2.06. The van der Waals surface area contributed by atoms with Crippen molar-refractivity contribution in [1.82, 2.24) is 14.8 Å². The number of anilines is 1. The first-order valence-corrected chi connectivity index (χ1v) is 7.50. The van der Waals surface area contributed by atoms with Crippen LogP contribution in [0.4, 0.5) is 5.82 Å². The molecule has 0 aliphatic rings. The molecule has 4 nitrogen and oxygen atoms in total. The number of aryl methyl sites for hydroxylation is 2. The molecule has 0 radical (unpaired) electrons. The summed E-state index contributed by atoms with van der Waals surface area (Å²) in [6.07, 6.45) is 2.97. The Hall–Kier alpha value is -1.49. The molecule has 2 aromatic rings. The SMILES string of the molecule is CCCNc1cc(CSc2cc(C)nn2C)ccn1. The Balaban J connectivity index is 1.97. The van der Waals surface area contributed by atoms with Crippen LogP contribution in [0.3, 0.4) is 0 Å². The van der Waals surface area contributed by atoms with Gasteiger partial charge in [0.2, 0.25) is 0 Å². The van der Waals surface area contributed by atoms with Gasteiger partial charge in [0.25, 0.3) is 0 Å². The molecule has 0 saturated heterocycles. The number of hydrogen-bond donors (Lipinski definition) is 1. The number of pyridine rings is 1. The monoisotopic (exact) mass is 276 g/mol. The van der Waals surface area contributed by atoms with E-state index in [-0.39, 0.29) is 0 Å². The quantitative estimate of drug-likeness (QED) is 0.823. The van der Waals surface area contributed by atoms with Crippen molar-refractivity contribution in [3.8, 4) is 0 Å². The van der Waals surface area contributed by atoms with Gasteiger partial charge in [-0.2, -0.15) is 5.10 Å². The summed E-state index contributed by atoms with van der Waals surface area (Å²) in [6.45, 7) is 5.13. The molecule has 0 aromatic carbocycles. The largest absolute Gasteiger partial charge is 0.370 e. The van der Waals surface area contributed by atoms with Crippen molar-refractivity contribution in [1.29, 1.82) is 0 Å². The molecule has 0 fully saturated rings. The zero-order chi connectivity index (χ0) is 13.7. The van der Waals surface area contributed by atoms with Crippen LogP contribution in [-0.4, -0.2) is 21.3 Å². The van der Waals surface area contributed by atoms with E-state index in [2.05, 4.69) is 40.5 Å². The van der Waals surface area contributed by atoms with Crippen LogP contribution >= 0.6 is 11.8 Å². The van der Waals surface area contributed by atoms with Gasteiger partial charge in [-0.25, -0.2) is 4.98 Å². The lowest BCUT2D eigenvalue weighted by atomic mass is 10.3. The van der Waals surface area contributed by atoms with Crippen LogP contribution in [-0.2, 0) is 12.8 Å². The van der Waals surface area contributed by atoms with Gasteiger partial charge in [-0.05, 0) is 37.1 Å². The third-order valence-electron chi connectivity index (χ3n) is 2.73. The second-order valence-corrected chi connectivity index (χ2v) is 5.51. The minimum absolute atomic E-state index is 0.933. The Morgan fingerprint density at radius 2 is 2.21 bits per heavy atom. The lowest BCUT2D eigenvalue weighted by Crippen LogP contribution is -2.02. The molecule has 2 aromatic heterocycles. The third kappa shape index (κ3) is 3.99. The summed E-state index contributed by atoms with van der Waals surface area (Å²) in [6, 6.07) is 6.29. The van der Waals surface area contributed by atoms with Crippen molar-refractivity contribution in [2.45, 2.75) is 31.0 Å². The first kappa shape index (κ1) is 13.9. The highest BCUT2D eigenvalue weighted by Crippen LogP contribution is 2.23. The summed E-state index contributed by atoms with van der Waals surface area (Å²) in [4.78, 5) is 4.32. The highest BCUT2D eigenvalue weighted by molar-refractivity contribution is 7.98. The molecule has 0 atom stereocenters. The molecule has 0 aliphatic carbocycles. The van der Waals surface area contributed by atoms with Crippen LogP contribution in [0.2, 0.25) is 0 Å². The van der Waals surface area contributed by atoms with Crippen LogP contribution in [0.5, 0.6) is 0 Å². The van der Waals surface area contributed by atoms with Gasteiger partial charge in [0.15, 0.2) is 0 Å². The van der Waals surface area contributed by atoms with Gasteiger partial charge in [-0.15, -0.1) is 11.8 Å². The van der Waals surface area contributed by atoms with Crippen LogP contribution in [0.15, 0.2) is 29.4 Å². The summed E-state index contributed by atoms with van der Waals surface area (Å²) in [5.74, 6) is 1.89. The van der Waals surface area contributed by atoms with E-state index in [1.807, 2.05) is 24.9 Å². The molecule has 5 heteroatoms. The van der Waals surface area contributed by atoms with E-state index >= 15 is 0 Å². The molecule has 0 unspecified atom stereocenters. The number of rotatable bonds is 6. The number of aromatic nitrogens is 3. The predicted molar refractivity (Wildman–Crippen MR) is 80.5 cm³/mol. The van der Waals surface area contributed by atoms with Crippen molar-refractivity contribution in [2.24, 2.45) is 7.05 Å². The molecule has 2 heterocycles. The highest BCUT2D eigenvalue weighted by atomic mass is 32.2. The normalized spacial score (nSPS) is 10.7. The van der Waals surface area contributed by atoms with Crippen molar-refractivity contribution in [3.63, 3.8) is 0 Å². The van der Waals surface area contributed by atoms with Crippen molar-refractivity contribution in [2.75, 3.05) is 11.9 Å². The van der Waals surface area contributed by atoms with Gasteiger partial charge < -0.3 is 5.32 Å². The molecular formula is C14H20N4S. The number of hydrogen-bond acceptors (Lipinski definition) is 4. The van der Waals surface area contributed by atoms with E-state index in [1.165, 1.54) is 10.6 Å². The van der Waals surface area contributed by atoms with Gasteiger partial charge >= 0.3 is 0 Å². The predicted octanol–water partition coefficient (Wildman–Crippen LogP) is 3.24. The van der Waals surface area contributed by atoms with Gasteiger partial charge in [-0.1, -0.05) is 6.92 Å². The lowest BCUT2D eigenvalue weighted by molar-refractivity contribution is 0.692. The van der Waals surface area contributed by atoms with Crippen LogP contribution in [0.25, 0.3) is 0 Å². The fourth-order valence-electron chi connectivity index (χ4n) is 1.79. The third-order valence-corrected chi connectivity index (χ3v) is 3.88. The number of thioether (sulfide) groups is 1. The van der Waals surface area contributed by atoms with Crippen LogP contribution in [0.1, 0.15) is 24.6 Å². The zero-order valence-electron chi connectivity index (χ0n) is 11.7. The van der Waals surface area contributed by atoms with Crippen molar-refractivity contribution < 1.29 is 0 Å². The first-order valence-electron chi connectivity index (χ1n) is 6.51. The van der Waals surface area contributed by atoms with E-state index in [4.69, 9.17) is 0 Å². The highest BCUT2D eigenvalue weighted by Gasteiger charge is 2.04. The maximum absolute atomic E-state index is 4.35. The van der Waals surface area contributed by atoms with E-state index in [9.17, 15) is 0 Å². The second kappa shape index (κ2) is 6.61. The van der Waals surface area contributed by atoms with Crippen molar-refractivity contribution >= 4 is 17.6 Å². The first-order chi connectivity index (χ1) is 9.19. The Labute approximate surface area is 118 Å². The maximum Gasteiger partial charge on any atom is 0.126 e. The van der Waals surface area contributed by atoms with Gasteiger partial charge in [0.1, 0.15) is 5.82 Å². The molecule has 1 N–H and O–H groups in total. The number of nitrogens with one attached hydrogen (secondary N) is 1. The molecule has 0 spiro atoms. The van der Waals surface area contributed by atoms with E-state index < -0.39 is 0 Å². The minimum Gasteiger partial charge on any atom is -0.370 e. The Kier molecular flexibility index (Phi) is 4.85. The topological polar surface area (TPSA) is 42.7 Å². The smallest absolute Gasteiger partial charge is 0.126 e. The molecule has 19 heavy (non-hydrogen) atoms. The fourth-order valence-corrected chi connectivity index (χ4v) is 2.77.